The Morgan fingerprint density at radius 1 is 1.35 bits per heavy atom. The summed E-state index contributed by atoms with van der Waals surface area (Å²) in [4.78, 5) is 10.6. The zero-order valence-electron chi connectivity index (χ0n) is 10.1. The molecule has 17 heavy (non-hydrogen) atoms. The lowest BCUT2D eigenvalue weighted by molar-refractivity contribution is -0.136. The number of H-pyrrole nitrogens is 1. The van der Waals surface area contributed by atoms with E-state index in [0.717, 1.165) is 5.69 Å². The number of carboxylic acids is 1. The number of aromatic amines is 1. The van der Waals surface area contributed by atoms with Crippen LogP contribution in [0.1, 0.15) is 62.1 Å². The number of carbonyl (C=O) groups is 1. The van der Waals surface area contributed by atoms with Gasteiger partial charge in [-0.15, -0.1) is 0 Å². The maximum absolute atomic E-state index is 10.6. The van der Waals surface area contributed by atoms with E-state index >= 15 is 0 Å². The normalized spacial score (nSPS) is 17.9. The highest BCUT2D eigenvalue weighted by Crippen LogP contribution is 2.32. The Morgan fingerprint density at radius 2 is 2.06 bits per heavy atom. The molecule has 0 radical (unpaired) electrons. The average molecular weight is 236 g/mol. The largest absolute Gasteiger partial charge is 0.481 e. The first-order valence-electron chi connectivity index (χ1n) is 6.51. The Bertz CT molecular complexity index is 365. The molecule has 0 amide bonds. The van der Waals surface area contributed by atoms with Crippen LogP contribution < -0.4 is 0 Å². The topological polar surface area (TPSA) is 66.0 Å². The molecule has 4 heteroatoms. The van der Waals surface area contributed by atoms with Crippen molar-refractivity contribution in [3.05, 3.63) is 17.5 Å². The lowest BCUT2D eigenvalue weighted by Gasteiger charge is -2.13. The molecule has 1 aliphatic rings. The van der Waals surface area contributed by atoms with Crippen molar-refractivity contribution in [2.45, 2.75) is 57.3 Å². The van der Waals surface area contributed by atoms with E-state index in [1.807, 2.05) is 6.20 Å². The van der Waals surface area contributed by atoms with Crippen LogP contribution in [0.3, 0.4) is 0 Å². The first kappa shape index (κ1) is 12.1. The van der Waals surface area contributed by atoms with E-state index in [0.29, 0.717) is 12.3 Å². The van der Waals surface area contributed by atoms with E-state index < -0.39 is 5.97 Å². The zero-order valence-corrected chi connectivity index (χ0v) is 10.1. The summed E-state index contributed by atoms with van der Waals surface area (Å²) < 4.78 is 0. The summed E-state index contributed by atoms with van der Waals surface area (Å²) in [5.74, 6) is -0.161. The summed E-state index contributed by atoms with van der Waals surface area (Å²) in [6, 6.07) is 0. The maximum atomic E-state index is 10.6. The van der Waals surface area contributed by atoms with Crippen molar-refractivity contribution in [1.29, 1.82) is 0 Å². The second-order valence-electron chi connectivity index (χ2n) is 4.89. The summed E-state index contributed by atoms with van der Waals surface area (Å²) in [5.41, 5.74) is 2.28. The summed E-state index contributed by atoms with van der Waals surface area (Å²) in [6.45, 7) is 0. The Hall–Kier alpha value is -1.32. The Balaban J connectivity index is 2.03. The molecule has 1 heterocycles. The molecule has 0 unspecified atom stereocenters. The van der Waals surface area contributed by atoms with Gasteiger partial charge in [-0.3, -0.25) is 9.89 Å². The van der Waals surface area contributed by atoms with E-state index in [1.165, 1.54) is 44.1 Å². The van der Waals surface area contributed by atoms with E-state index in [-0.39, 0.29) is 6.42 Å². The lowest BCUT2D eigenvalue weighted by atomic mass is 9.91. The van der Waals surface area contributed by atoms with Gasteiger partial charge >= 0.3 is 5.97 Å². The van der Waals surface area contributed by atoms with Gasteiger partial charge in [0.15, 0.2) is 0 Å². The minimum absolute atomic E-state index is 0.182. The highest BCUT2D eigenvalue weighted by molar-refractivity contribution is 5.67. The number of rotatable bonds is 4. The number of hydrogen-bond donors (Lipinski definition) is 2. The van der Waals surface area contributed by atoms with Crippen LogP contribution in [0.15, 0.2) is 6.20 Å². The van der Waals surface area contributed by atoms with Gasteiger partial charge in [0.05, 0.1) is 12.6 Å². The molecule has 0 saturated heterocycles. The van der Waals surface area contributed by atoms with E-state index in [4.69, 9.17) is 5.11 Å². The fourth-order valence-corrected chi connectivity index (χ4v) is 2.70. The number of aryl methyl sites for hydroxylation is 1. The molecule has 0 atom stereocenters. The molecule has 2 N–H and O–H groups in total. The second kappa shape index (κ2) is 5.84. The van der Waals surface area contributed by atoms with Crippen LogP contribution in [0.4, 0.5) is 0 Å². The quantitative estimate of drug-likeness (QED) is 0.790. The third-order valence-electron chi connectivity index (χ3n) is 3.64. The highest BCUT2D eigenvalue weighted by atomic mass is 16.4. The van der Waals surface area contributed by atoms with Crippen molar-refractivity contribution in [3.8, 4) is 0 Å². The van der Waals surface area contributed by atoms with Gasteiger partial charge in [-0.1, -0.05) is 25.7 Å². The Morgan fingerprint density at radius 3 is 2.71 bits per heavy atom. The summed E-state index contributed by atoms with van der Waals surface area (Å²) in [5, 5.41) is 15.8. The van der Waals surface area contributed by atoms with Gasteiger partial charge in [-0.05, 0) is 30.7 Å². The molecule has 1 fully saturated rings. The van der Waals surface area contributed by atoms with Gasteiger partial charge in [-0.25, -0.2) is 0 Å². The lowest BCUT2D eigenvalue weighted by Crippen LogP contribution is -2.03. The predicted octanol–water partition coefficient (Wildman–Crippen LogP) is 2.86. The van der Waals surface area contributed by atoms with Crippen LogP contribution in [0.5, 0.6) is 0 Å². The standard InChI is InChI=1S/C13H20N2O2/c16-13(17)8-7-12-11(9-14-15-12)10-5-3-1-2-4-6-10/h9-10H,1-8H2,(H,14,15)(H,16,17). The Labute approximate surface area is 101 Å². The number of aromatic nitrogens is 2. The third kappa shape index (κ3) is 3.32. The first-order valence-corrected chi connectivity index (χ1v) is 6.51. The van der Waals surface area contributed by atoms with Crippen LogP contribution in [0.25, 0.3) is 0 Å². The second-order valence-corrected chi connectivity index (χ2v) is 4.89. The average Bonchev–Trinajstić information content (AvgIpc) is 2.60. The Kier molecular flexibility index (Phi) is 4.18. The highest BCUT2D eigenvalue weighted by Gasteiger charge is 2.19. The molecule has 0 aliphatic heterocycles. The van der Waals surface area contributed by atoms with Crippen molar-refractivity contribution < 1.29 is 9.90 Å². The molecular weight excluding hydrogens is 216 g/mol. The number of nitrogens with zero attached hydrogens (tertiary/aromatic N) is 1. The molecule has 94 valence electrons. The fourth-order valence-electron chi connectivity index (χ4n) is 2.70. The third-order valence-corrected chi connectivity index (χ3v) is 3.64. The van der Waals surface area contributed by atoms with Crippen LogP contribution in [-0.2, 0) is 11.2 Å². The molecule has 1 saturated carbocycles. The van der Waals surface area contributed by atoms with Crippen molar-refractivity contribution >= 4 is 5.97 Å². The van der Waals surface area contributed by atoms with Crippen molar-refractivity contribution in [2.24, 2.45) is 0 Å². The van der Waals surface area contributed by atoms with Crippen molar-refractivity contribution in [3.63, 3.8) is 0 Å². The molecule has 1 aromatic heterocycles. The number of aliphatic carboxylic acids is 1. The molecule has 0 bridgehead atoms. The molecule has 0 aromatic carbocycles. The van der Waals surface area contributed by atoms with Crippen molar-refractivity contribution in [1.82, 2.24) is 10.2 Å². The molecule has 4 nitrogen and oxygen atoms in total. The minimum atomic E-state index is -0.744. The van der Waals surface area contributed by atoms with Gasteiger partial charge in [0.1, 0.15) is 0 Å². The van der Waals surface area contributed by atoms with Crippen LogP contribution in [0, 0.1) is 0 Å². The molecule has 2 rings (SSSR count). The van der Waals surface area contributed by atoms with Gasteiger partial charge in [0.2, 0.25) is 0 Å². The van der Waals surface area contributed by atoms with Gasteiger partial charge in [0.25, 0.3) is 0 Å². The first-order chi connectivity index (χ1) is 8.27. The fraction of sp³-hybridized carbons (Fsp3) is 0.692. The van der Waals surface area contributed by atoms with E-state index in [2.05, 4.69) is 10.2 Å². The molecular formula is C13H20N2O2. The number of carboxylic acid groups (broad SMARTS) is 1. The summed E-state index contributed by atoms with van der Waals surface area (Å²) in [6.07, 6.45) is 10.3. The summed E-state index contributed by atoms with van der Waals surface area (Å²) in [7, 11) is 0. The van der Waals surface area contributed by atoms with Gasteiger partial charge in [0, 0.05) is 5.69 Å². The van der Waals surface area contributed by atoms with Gasteiger partial charge < -0.3 is 5.11 Å². The molecule has 0 spiro atoms. The van der Waals surface area contributed by atoms with Crippen molar-refractivity contribution in [2.75, 3.05) is 0 Å². The zero-order chi connectivity index (χ0) is 12.1. The van der Waals surface area contributed by atoms with E-state index in [1.54, 1.807) is 0 Å². The SMILES string of the molecule is O=C(O)CCc1[nH]ncc1C1CCCCCC1. The minimum Gasteiger partial charge on any atom is -0.481 e. The van der Waals surface area contributed by atoms with Crippen LogP contribution >= 0.6 is 0 Å². The maximum Gasteiger partial charge on any atom is 0.303 e. The monoisotopic (exact) mass is 236 g/mol. The van der Waals surface area contributed by atoms with E-state index in [9.17, 15) is 4.79 Å². The van der Waals surface area contributed by atoms with Crippen LogP contribution in [-0.4, -0.2) is 21.3 Å². The molecule has 1 aromatic rings. The number of hydrogen-bond acceptors (Lipinski definition) is 2. The predicted molar refractivity (Wildman–Crippen MR) is 65.0 cm³/mol. The van der Waals surface area contributed by atoms with Crippen LogP contribution in [0.2, 0.25) is 0 Å². The smallest absolute Gasteiger partial charge is 0.303 e. The van der Waals surface area contributed by atoms with Gasteiger partial charge in [-0.2, -0.15) is 5.10 Å². The number of nitrogens with one attached hydrogen (secondary N) is 1. The summed E-state index contributed by atoms with van der Waals surface area (Å²) >= 11 is 0. The molecule has 1 aliphatic carbocycles.